The zero-order valence-corrected chi connectivity index (χ0v) is 13.0. The highest BCUT2D eigenvalue weighted by Gasteiger charge is 2.15. The van der Waals surface area contributed by atoms with Gasteiger partial charge in [-0.15, -0.1) is 0 Å². The Bertz CT molecular complexity index is 987. The summed E-state index contributed by atoms with van der Waals surface area (Å²) >= 11 is 0. The molecule has 0 saturated carbocycles. The van der Waals surface area contributed by atoms with Gasteiger partial charge in [0.15, 0.2) is 5.76 Å². The molecular formula is C17H10F2N2O5. The molecule has 2 aromatic carbocycles. The Morgan fingerprint density at radius 3 is 2.73 bits per heavy atom. The van der Waals surface area contributed by atoms with Crippen LogP contribution in [0.4, 0.5) is 14.5 Å². The highest BCUT2D eigenvalue weighted by Crippen LogP contribution is 2.24. The number of nitro benzene ring substituents is 1. The second-order valence-electron chi connectivity index (χ2n) is 5.19. The van der Waals surface area contributed by atoms with Gasteiger partial charge in [0.2, 0.25) is 0 Å². The third-order valence-corrected chi connectivity index (χ3v) is 3.40. The lowest BCUT2D eigenvalue weighted by molar-refractivity contribution is -0.384. The van der Waals surface area contributed by atoms with E-state index >= 15 is 0 Å². The first-order chi connectivity index (χ1) is 12.4. The van der Waals surface area contributed by atoms with Crippen molar-refractivity contribution in [1.29, 1.82) is 0 Å². The maximum atomic E-state index is 13.7. The number of nitro groups is 1. The molecule has 3 rings (SSSR count). The third-order valence-electron chi connectivity index (χ3n) is 3.40. The SMILES string of the molecule is O=C(OCc1cc(-c2ccc(F)cc2F)on1)c1cccc([N+](=O)[O-])c1. The van der Waals surface area contributed by atoms with E-state index in [2.05, 4.69) is 5.16 Å². The predicted molar refractivity (Wildman–Crippen MR) is 84.1 cm³/mol. The highest BCUT2D eigenvalue weighted by molar-refractivity contribution is 5.90. The van der Waals surface area contributed by atoms with E-state index in [9.17, 15) is 23.7 Å². The summed E-state index contributed by atoms with van der Waals surface area (Å²) in [4.78, 5) is 22.0. The second kappa shape index (κ2) is 7.09. The highest BCUT2D eigenvalue weighted by atomic mass is 19.1. The van der Waals surface area contributed by atoms with Crippen molar-refractivity contribution in [3.05, 3.63) is 81.5 Å². The summed E-state index contributed by atoms with van der Waals surface area (Å²) in [5, 5.41) is 14.4. The molecule has 0 fully saturated rings. The van der Waals surface area contributed by atoms with Gasteiger partial charge in [-0.3, -0.25) is 10.1 Å². The fourth-order valence-electron chi connectivity index (χ4n) is 2.17. The number of hydrogen-bond donors (Lipinski definition) is 0. The van der Waals surface area contributed by atoms with Crippen LogP contribution in [0, 0.1) is 21.7 Å². The van der Waals surface area contributed by atoms with E-state index in [-0.39, 0.29) is 34.9 Å². The summed E-state index contributed by atoms with van der Waals surface area (Å²) in [6, 6.07) is 9.39. The molecule has 26 heavy (non-hydrogen) atoms. The van der Waals surface area contributed by atoms with Crippen molar-refractivity contribution < 1.29 is 27.8 Å². The molecule has 0 saturated heterocycles. The van der Waals surface area contributed by atoms with Crippen LogP contribution >= 0.6 is 0 Å². The van der Waals surface area contributed by atoms with Gasteiger partial charge in [-0.2, -0.15) is 0 Å². The lowest BCUT2D eigenvalue weighted by Crippen LogP contribution is -2.05. The van der Waals surface area contributed by atoms with Crippen molar-refractivity contribution in [1.82, 2.24) is 5.16 Å². The second-order valence-corrected chi connectivity index (χ2v) is 5.19. The fourth-order valence-corrected chi connectivity index (χ4v) is 2.17. The third kappa shape index (κ3) is 3.72. The molecule has 1 heterocycles. The van der Waals surface area contributed by atoms with Crippen LogP contribution in [0.3, 0.4) is 0 Å². The number of benzene rings is 2. The first kappa shape index (κ1) is 17.2. The summed E-state index contributed by atoms with van der Waals surface area (Å²) < 4.78 is 36.6. The van der Waals surface area contributed by atoms with Gasteiger partial charge in [-0.1, -0.05) is 11.2 Å². The molecule has 0 aliphatic heterocycles. The summed E-state index contributed by atoms with van der Waals surface area (Å²) in [6.45, 7) is -0.284. The molecule has 0 radical (unpaired) electrons. The van der Waals surface area contributed by atoms with E-state index in [1.807, 2.05) is 0 Å². The van der Waals surface area contributed by atoms with E-state index < -0.39 is 22.5 Å². The molecule has 0 aliphatic rings. The number of rotatable bonds is 5. The van der Waals surface area contributed by atoms with Gasteiger partial charge in [0.1, 0.15) is 23.9 Å². The molecule has 0 aliphatic carbocycles. The smallest absolute Gasteiger partial charge is 0.338 e. The maximum Gasteiger partial charge on any atom is 0.338 e. The maximum absolute atomic E-state index is 13.7. The summed E-state index contributed by atoms with van der Waals surface area (Å²) in [6.07, 6.45) is 0. The summed E-state index contributed by atoms with van der Waals surface area (Å²) in [7, 11) is 0. The average Bonchev–Trinajstić information content (AvgIpc) is 3.08. The first-order valence-electron chi connectivity index (χ1n) is 7.26. The molecule has 3 aromatic rings. The Labute approximate surface area is 144 Å². The molecule has 0 amide bonds. The van der Waals surface area contributed by atoms with Crippen LogP contribution < -0.4 is 0 Å². The predicted octanol–water partition coefficient (Wildman–Crippen LogP) is 3.89. The van der Waals surface area contributed by atoms with Gasteiger partial charge in [-0.05, 0) is 18.2 Å². The summed E-state index contributed by atoms with van der Waals surface area (Å²) in [5.41, 5.74) is -0.0277. The topological polar surface area (TPSA) is 95.5 Å². The van der Waals surface area contributed by atoms with Crippen molar-refractivity contribution >= 4 is 11.7 Å². The first-order valence-corrected chi connectivity index (χ1v) is 7.26. The molecule has 132 valence electrons. The normalized spacial score (nSPS) is 10.5. The molecule has 7 nitrogen and oxygen atoms in total. The molecular weight excluding hydrogens is 350 g/mol. The van der Waals surface area contributed by atoms with E-state index in [4.69, 9.17) is 9.26 Å². The van der Waals surface area contributed by atoms with Crippen molar-refractivity contribution in [2.45, 2.75) is 6.61 Å². The van der Waals surface area contributed by atoms with Crippen LogP contribution in [-0.4, -0.2) is 16.0 Å². The quantitative estimate of drug-likeness (QED) is 0.389. The van der Waals surface area contributed by atoms with Crippen molar-refractivity contribution in [3.8, 4) is 11.3 Å². The van der Waals surface area contributed by atoms with Gasteiger partial charge >= 0.3 is 5.97 Å². The molecule has 1 aromatic heterocycles. The molecule has 0 unspecified atom stereocenters. The van der Waals surface area contributed by atoms with Crippen LogP contribution in [0.1, 0.15) is 16.1 Å². The number of ether oxygens (including phenoxy) is 1. The fraction of sp³-hybridized carbons (Fsp3) is 0.0588. The van der Waals surface area contributed by atoms with Crippen LogP contribution in [-0.2, 0) is 11.3 Å². The minimum Gasteiger partial charge on any atom is -0.455 e. The largest absolute Gasteiger partial charge is 0.455 e. The van der Waals surface area contributed by atoms with Gasteiger partial charge in [-0.25, -0.2) is 13.6 Å². The average molecular weight is 360 g/mol. The van der Waals surface area contributed by atoms with Crippen molar-refractivity contribution in [2.75, 3.05) is 0 Å². The number of nitrogens with zero attached hydrogens (tertiary/aromatic N) is 2. The minimum atomic E-state index is -0.818. The number of carbonyl (C=O) groups is 1. The van der Waals surface area contributed by atoms with Crippen LogP contribution in [0.15, 0.2) is 53.1 Å². The summed E-state index contributed by atoms with van der Waals surface area (Å²) in [5.74, 6) is -2.28. The van der Waals surface area contributed by atoms with Crippen LogP contribution in [0.2, 0.25) is 0 Å². The Hall–Kier alpha value is -3.62. The van der Waals surface area contributed by atoms with Crippen LogP contribution in [0.25, 0.3) is 11.3 Å². The zero-order chi connectivity index (χ0) is 18.7. The Kier molecular flexibility index (Phi) is 4.70. The molecule has 0 N–H and O–H groups in total. The van der Waals surface area contributed by atoms with Gasteiger partial charge in [0.25, 0.3) is 5.69 Å². The molecule has 9 heteroatoms. The lowest BCUT2D eigenvalue weighted by atomic mass is 10.1. The van der Waals surface area contributed by atoms with E-state index in [1.165, 1.54) is 30.3 Å². The van der Waals surface area contributed by atoms with Crippen LogP contribution in [0.5, 0.6) is 0 Å². The monoisotopic (exact) mass is 360 g/mol. The minimum absolute atomic E-state index is 0.00694. The van der Waals surface area contributed by atoms with E-state index in [0.717, 1.165) is 12.1 Å². The number of esters is 1. The molecule has 0 atom stereocenters. The molecule has 0 spiro atoms. The van der Waals surface area contributed by atoms with Crippen molar-refractivity contribution in [3.63, 3.8) is 0 Å². The number of carbonyl (C=O) groups excluding carboxylic acids is 1. The van der Waals surface area contributed by atoms with E-state index in [1.54, 1.807) is 0 Å². The van der Waals surface area contributed by atoms with E-state index in [0.29, 0.717) is 6.07 Å². The van der Waals surface area contributed by atoms with Gasteiger partial charge < -0.3 is 9.26 Å². The number of aromatic nitrogens is 1. The standard InChI is InChI=1S/C17H10F2N2O5/c18-11-4-5-14(15(19)7-11)16-8-12(20-26-16)9-25-17(22)10-2-1-3-13(6-10)21(23)24/h1-8H,9H2. The van der Waals surface area contributed by atoms with Gasteiger partial charge in [0.05, 0.1) is 16.1 Å². The number of hydrogen-bond acceptors (Lipinski definition) is 6. The Morgan fingerprint density at radius 2 is 2.00 bits per heavy atom. The number of halogens is 2. The zero-order valence-electron chi connectivity index (χ0n) is 13.0. The molecule has 0 bridgehead atoms. The number of non-ortho nitro benzene ring substituents is 1. The Morgan fingerprint density at radius 1 is 1.19 bits per heavy atom. The Balaban J connectivity index is 1.69. The van der Waals surface area contributed by atoms with Gasteiger partial charge in [0, 0.05) is 24.3 Å². The lowest BCUT2D eigenvalue weighted by Gasteiger charge is -2.02. The van der Waals surface area contributed by atoms with Crippen molar-refractivity contribution in [2.24, 2.45) is 0 Å².